The summed E-state index contributed by atoms with van der Waals surface area (Å²) in [6.45, 7) is 10.3. The molecule has 1 atom stereocenters. The van der Waals surface area contributed by atoms with Crippen LogP contribution in [0.15, 0.2) is 24.3 Å². The maximum atomic E-state index is 3.43. The second kappa shape index (κ2) is 5.31. The number of benzene rings is 1. The predicted molar refractivity (Wildman–Crippen MR) is 79.4 cm³/mol. The third-order valence-corrected chi connectivity index (χ3v) is 3.87. The third kappa shape index (κ3) is 3.26. The zero-order valence-corrected chi connectivity index (χ0v) is 12.2. The number of anilines is 1. The van der Waals surface area contributed by atoms with Crippen LogP contribution in [-0.2, 0) is 5.41 Å². The Bertz CT molecular complexity index is 369. The third-order valence-electron chi connectivity index (χ3n) is 3.87. The molecule has 1 aliphatic heterocycles. The molecular weight excluding hydrogens is 220 g/mol. The van der Waals surface area contributed by atoms with Gasteiger partial charge in [-0.2, -0.15) is 0 Å². The first-order valence-corrected chi connectivity index (χ1v) is 6.99. The molecule has 2 rings (SSSR count). The predicted octanol–water partition coefficient (Wildman–Crippen LogP) is 3.03. The highest BCUT2D eigenvalue weighted by Crippen LogP contribution is 2.25. The van der Waals surface area contributed by atoms with Crippen molar-refractivity contribution in [2.45, 2.75) is 32.6 Å². The Hall–Kier alpha value is -1.02. The molecule has 1 N–H and O–H groups in total. The van der Waals surface area contributed by atoms with Crippen molar-refractivity contribution in [1.82, 2.24) is 5.32 Å². The van der Waals surface area contributed by atoms with Gasteiger partial charge >= 0.3 is 0 Å². The lowest BCUT2D eigenvalue weighted by molar-refractivity contribution is 0.577. The van der Waals surface area contributed by atoms with Crippen LogP contribution in [0.25, 0.3) is 0 Å². The van der Waals surface area contributed by atoms with E-state index in [1.807, 2.05) is 0 Å². The van der Waals surface area contributed by atoms with Crippen LogP contribution in [-0.4, -0.2) is 26.7 Å². The van der Waals surface area contributed by atoms with Crippen LogP contribution >= 0.6 is 0 Å². The van der Waals surface area contributed by atoms with E-state index in [-0.39, 0.29) is 5.41 Å². The van der Waals surface area contributed by atoms with Crippen molar-refractivity contribution in [1.29, 1.82) is 0 Å². The van der Waals surface area contributed by atoms with Gasteiger partial charge in [-0.3, -0.25) is 0 Å². The van der Waals surface area contributed by atoms with Gasteiger partial charge in [0.25, 0.3) is 0 Å². The van der Waals surface area contributed by atoms with Gasteiger partial charge in [-0.15, -0.1) is 0 Å². The molecule has 1 heterocycles. The monoisotopic (exact) mass is 246 g/mol. The van der Waals surface area contributed by atoms with E-state index in [1.165, 1.54) is 30.8 Å². The second-order valence-electron chi connectivity index (χ2n) is 6.54. The number of nitrogens with one attached hydrogen (secondary N) is 1. The van der Waals surface area contributed by atoms with E-state index in [0.29, 0.717) is 0 Å². The highest BCUT2D eigenvalue weighted by Gasteiger charge is 2.17. The van der Waals surface area contributed by atoms with Gasteiger partial charge in [0.1, 0.15) is 0 Å². The summed E-state index contributed by atoms with van der Waals surface area (Å²) >= 11 is 0. The summed E-state index contributed by atoms with van der Waals surface area (Å²) in [5, 5.41) is 3.43. The van der Waals surface area contributed by atoms with Crippen molar-refractivity contribution >= 4 is 5.69 Å². The van der Waals surface area contributed by atoms with Crippen LogP contribution in [0, 0.1) is 5.92 Å². The van der Waals surface area contributed by atoms with E-state index in [4.69, 9.17) is 0 Å². The Balaban J connectivity index is 2.00. The summed E-state index contributed by atoms with van der Waals surface area (Å²) in [4.78, 5) is 2.38. The maximum Gasteiger partial charge on any atom is 0.0363 e. The molecule has 1 saturated heterocycles. The molecule has 0 amide bonds. The van der Waals surface area contributed by atoms with Crippen LogP contribution in [0.4, 0.5) is 5.69 Å². The fourth-order valence-electron chi connectivity index (χ4n) is 2.58. The minimum absolute atomic E-state index is 0.243. The van der Waals surface area contributed by atoms with Gasteiger partial charge in [0.05, 0.1) is 0 Å². The molecule has 1 fully saturated rings. The lowest BCUT2D eigenvalue weighted by Crippen LogP contribution is -2.26. The van der Waals surface area contributed by atoms with Gasteiger partial charge in [0.15, 0.2) is 0 Å². The van der Waals surface area contributed by atoms with E-state index >= 15 is 0 Å². The number of rotatable bonds is 3. The molecule has 1 aromatic carbocycles. The van der Waals surface area contributed by atoms with Crippen molar-refractivity contribution in [3.05, 3.63) is 29.8 Å². The molecule has 1 aromatic rings. The van der Waals surface area contributed by atoms with Crippen LogP contribution < -0.4 is 10.2 Å². The van der Waals surface area contributed by atoms with Gasteiger partial charge in [-0.1, -0.05) is 32.9 Å². The highest BCUT2D eigenvalue weighted by atomic mass is 15.1. The Labute approximate surface area is 111 Å². The Morgan fingerprint density at radius 2 is 1.89 bits per heavy atom. The van der Waals surface area contributed by atoms with Crippen LogP contribution in [0.5, 0.6) is 0 Å². The minimum atomic E-state index is 0.243. The van der Waals surface area contributed by atoms with E-state index in [1.54, 1.807) is 0 Å². The van der Waals surface area contributed by atoms with E-state index < -0.39 is 0 Å². The van der Waals surface area contributed by atoms with Gasteiger partial charge in [0, 0.05) is 19.3 Å². The lowest BCUT2D eigenvalue weighted by atomic mass is 9.87. The fourth-order valence-corrected chi connectivity index (χ4v) is 2.58. The highest BCUT2D eigenvalue weighted by molar-refractivity contribution is 5.47. The molecule has 0 saturated carbocycles. The Kier molecular flexibility index (Phi) is 3.96. The van der Waals surface area contributed by atoms with Crippen molar-refractivity contribution in [2.24, 2.45) is 5.92 Å². The van der Waals surface area contributed by atoms with Crippen molar-refractivity contribution in [3.63, 3.8) is 0 Å². The molecule has 0 bridgehead atoms. The van der Waals surface area contributed by atoms with Crippen LogP contribution in [0.3, 0.4) is 0 Å². The summed E-state index contributed by atoms with van der Waals surface area (Å²) in [6.07, 6.45) is 1.31. The van der Waals surface area contributed by atoms with Crippen LogP contribution in [0.1, 0.15) is 32.8 Å². The minimum Gasteiger partial charge on any atom is -0.374 e. The molecule has 2 nitrogen and oxygen atoms in total. The van der Waals surface area contributed by atoms with Gasteiger partial charge < -0.3 is 10.2 Å². The molecule has 0 aliphatic carbocycles. The fraction of sp³-hybridized carbons (Fsp3) is 0.625. The van der Waals surface area contributed by atoms with Crippen molar-refractivity contribution in [2.75, 3.05) is 31.6 Å². The summed E-state index contributed by atoms with van der Waals surface area (Å²) in [6, 6.07) is 9.03. The van der Waals surface area contributed by atoms with E-state index in [9.17, 15) is 0 Å². The molecule has 2 heteroatoms. The summed E-state index contributed by atoms with van der Waals surface area (Å²) < 4.78 is 0. The Morgan fingerprint density at radius 3 is 2.39 bits per heavy atom. The Morgan fingerprint density at radius 1 is 1.22 bits per heavy atom. The largest absolute Gasteiger partial charge is 0.374 e. The molecule has 1 unspecified atom stereocenters. The second-order valence-corrected chi connectivity index (χ2v) is 6.54. The zero-order valence-electron chi connectivity index (χ0n) is 12.2. The maximum absolute atomic E-state index is 3.43. The van der Waals surface area contributed by atoms with Gasteiger partial charge in [-0.25, -0.2) is 0 Å². The smallest absolute Gasteiger partial charge is 0.0363 e. The molecule has 100 valence electrons. The summed E-state index contributed by atoms with van der Waals surface area (Å²) in [7, 11) is 2.20. The van der Waals surface area contributed by atoms with Gasteiger partial charge in [0.2, 0.25) is 0 Å². The quantitative estimate of drug-likeness (QED) is 0.882. The zero-order chi connectivity index (χ0) is 13.2. The molecular formula is C16H26N2. The number of hydrogen-bond acceptors (Lipinski definition) is 2. The van der Waals surface area contributed by atoms with Crippen LogP contribution in [0.2, 0.25) is 0 Å². The topological polar surface area (TPSA) is 15.3 Å². The normalized spacial score (nSPS) is 20.1. The number of nitrogens with zero attached hydrogens (tertiary/aromatic N) is 1. The summed E-state index contributed by atoms with van der Waals surface area (Å²) in [5.41, 5.74) is 2.98. The summed E-state index contributed by atoms with van der Waals surface area (Å²) in [5.74, 6) is 0.803. The first kappa shape index (κ1) is 13.4. The van der Waals surface area contributed by atoms with Crippen molar-refractivity contribution < 1.29 is 0 Å². The molecule has 18 heavy (non-hydrogen) atoms. The average molecular weight is 246 g/mol. The standard InChI is InChI=1S/C16H26N2/c1-16(2,3)14-5-7-15(8-6-14)18(4)12-13-9-10-17-11-13/h5-8,13,17H,9-12H2,1-4H3. The van der Waals surface area contributed by atoms with Crippen molar-refractivity contribution in [3.8, 4) is 0 Å². The lowest BCUT2D eigenvalue weighted by Gasteiger charge is -2.24. The molecule has 0 aromatic heterocycles. The molecule has 0 radical (unpaired) electrons. The average Bonchev–Trinajstić information content (AvgIpc) is 2.81. The van der Waals surface area contributed by atoms with E-state index in [0.717, 1.165) is 12.5 Å². The molecule has 1 aliphatic rings. The van der Waals surface area contributed by atoms with E-state index in [2.05, 4.69) is 62.3 Å². The first-order valence-electron chi connectivity index (χ1n) is 6.99. The molecule has 0 spiro atoms. The SMILES string of the molecule is CN(CC1CCNC1)c1ccc(C(C)(C)C)cc1. The first-order chi connectivity index (χ1) is 8.47. The van der Waals surface area contributed by atoms with Gasteiger partial charge in [-0.05, 0) is 48.5 Å². The number of hydrogen-bond donors (Lipinski definition) is 1.